The number of halogens is 1. The average molecular weight is 466 g/mol. The van der Waals surface area contributed by atoms with Crippen LogP contribution in [0.4, 0.5) is 4.79 Å². The maximum atomic E-state index is 11.7. The zero-order valence-corrected chi connectivity index (χ0v) is 18.1. The molecule has 1 amide bonds. The Kier molecular flexibility index (Phi) is 11.2. The Balaban J connectivity index is 0.00000312. The monoisotopic (exact) mass is 466 g/mol. The van der Waals surface area contributed by atoms with Crippen molar-refractivity contribution in [1.82, 2.24) is 15.5 Å². The molecule has 1 aliphatic carbocycles. The van der Waals surface area contributed by atoms with Crippen molar-refractivity contribution >= 4 is 36.0 Å². The first-order valence-electron chi connectivity index (χ1n) is 9.61. The SMILES string of the molecule is CCOC(=O)N1CCC(NC(=NC)NCCCC2CCCC2)CC1.I. The Morgan fingerprint density at radius 1 is 1.20 bits per heavy atom. The van der Waals surface area contributed by atoms with Gasteiger partial charge in [0.1, 0.15) is 0 Å². The summed E-state index contributed by atoms with van der Waals surface area (Å²) in [5, 5.41) is 6.91. The van der Waals surface area contributed by atoms with Crippen molar-refractivity contribution in [3.05, 3.63) is 0 Å². The molecule has 0 radical (unpaired) electrons. The fraction of sp³-hybridized carbons (Fsp3) is 0.889. The van der Waals surface area contributed by atoms with E-state index in [-0.39, 0.29) is 30.1 Å². The molecular formula is C18H35IN4O2. The number of carbonyl (C=O) groups excluding carboxylic acids is 1. The number of hydrogen-bond acceptors (Lipinski definition) is 3. The highest BCUT2D eigenvalue weighted by Gasteiger charge is 2.24. The first kappa shape index (κ1) is 22.3. The number of carbonyl (C=O) groups is 1. The van der Waals surface area contributed by atoms with Gasteiger partial charge in [-0.25, -0.2) is 4.79 Å². The molecule has 0 aromatic heterocycles. The van der Waals surface area contributed by atoms with Crippen molar-refractivity contribution in [2.45, 2.75) is 64.3 Å². The van der Waals surface area contributed by atoms with E-state index >= 15 is 0 Å². The zero-order valence-electron chi connectivity index (χ0n) is 15.8. The molecule has 2 N–H and O–H groups in total. The highest BCUT2D eigenvalue weighted by atomic mass is 127. The van der Waals surface area contributed by atoms with Crippen LogP contribution in [0.3, 0.4) is 0 Å². The maximum absolute atomic E-state index is 11.7. The number of nitrogens with zero attached hydrogens (tertiary/aromatic N) is 2. The fourth-order valence-corrected chi connectivity index (χ4v) is 3.71. The molecule has 7 heteroatoms. The van der Waals surface area contributed by atoms with Gasteiger partial charge in [0.2, 0.25) is 0 Å². The first-order chi connectivity index (χ1) is 11.7. The lowest BCUT2D eigenvalue weighted by Crippen LogP contribution is -2.50. The van der Waals surface area contributed by atoms with Crippen LogP contribution in [0.2, 0.25) is 0 Å². The molecule has 1 aliphatic heterocycles. The molecule has 1 saturated heterocycles. The quantitative estimate of drug-likeness (QED) is 0.273. The Bertz CT molecular complexity index is 406. The van der Waals surface area contributed by atoms with Crippen molar-refractivity contribution in [1.29, 1.82) is 0 Å². The van der Waals surface area contributed by atoms with E-state index in [4.69, 9.17) is 4.74 Å². The summed E-state index contributed by atoms with van der Waals surface area (Å²) in [6.45, 7) is 4.76. The van der Waals surface area contributed by atoms with E-state index < -0.39 is 0 Å². The van der Waals surface area contributed by atoms with E-state index in [9.17, 15) is 4.79 Å². The molecule has 2 rings (SSSR count). The van der Waals surface area contributed by atoms with Gasteiger partial charge in [-0.15, -0.1) is 24.0 Å². The number of guanidine groups is 1. The minimum Gasteiger partial charge on any atom is -0.450 e. The van der Waals surface area contributed by atoms with Crippen molar-refractivity contribution < 1.29 is 9.53 Å². The highest BCUT2D eigenvalue weighted by molar-refractivity contribution is 14.0. The molecule has 25 heavy (non-hydrogen) atoms. The van der Waals surface area contributed by atoms with E-state index in [1.54, 1.807) is 4.90 Å². The summed E-state index contributed by atoms with van der Waals surface area (Å²) in [4.78, 5) is 17.8. The lowest BCUT2D eigenvalue weighted by Gasteiger charge is -2.32. The minimum atomic E-state index is -0.189. The standard InChI is InChI=1S/C18H34N4O2.HI/c1-3-24-18(23)22-13-10-16(11-14-22)21-17(19-2)20-12-6-9-15-7-4-5-8-15;/h15-16H,3-14H2,1-2H3,(H2,19,20,21);1H. The summed E-state index contributed by atoms with van der Waals surface area (Å²) in [7, 11) is 1.82. The van der Waals surface area contributed by atoms with Crippen LogP contribution in [0.5, 0.6) is 0 Å². The summed E-state index contributed by atoms with van der Waals surface area (Å²) < 4.78 is 5.06. The first-order valence-corrected chi connectivity index (χ1v) is 9.61. The molecule has 1 heterocycles. The van der Waals surface area contributed by atoms with E-state index in [0.717, 1.165) is 44.4 Å². The number of nitrogens with one attached hydrogen (secondary N) is 2. The predicted octanol–water partition coefficient (Wildman–Crippen LogP) is 3.36. The summed E-state index contributed by atoms with van der Waals surface area (Å²) in [5.41, 5.74) is 0. The summed E-state index contributed by atoms with van der Waals surface area (Å²) in [6, 6.07) is 0.372. The smallest absolute Gasteiger partial charge is 0.409 e. The number of hydrogen-bond donors (Lipinski definition) is 2. The summed E-state index contributed by atoms with van der Waals surface area (Å²) in [6.07, 6.45) is 9.92. The average Bonchev–Trinajstić information content (AvgIpc) is 3.12. The van der Waals surface area contributed by atoms with Gasteiger partial charge < -0.3 is 20.3 Å². The highest BCUT2D eigenvalue weighted by Crippen LogP contribution is 2.28. The van der Waals surface area contributed by atoms with Crippen LogP contribution in [-0.4, -0.2) is 56.3 Å². The van der Waals surface area contributed by atoms with Gasteiger partial charge in [-0.2, -0.15) is 0 Å². The van der Waals surface area contributed by atoms with E-state index in [2.05, 4.69) is 15.6 Å². The number of amides is 1. The van der Waals surface area contributed by atoms with Gasteiger partial charge in [-0.3, -0.25) is 4.99 Å². The fourth-order valence-electron chi connectivity index (χ4n) is 3.71. The van der Waals surface area contributed by atoms with Crippen LogP contribution in [0.15, 0.2) is 4.99 Å². The second kappa shape index (κ2) is 12.6. The van der Waals surface area contributed by atoms with Crippen LogP contribution in [0.1, 0.15) is 58.3 Å². The van der Waals surface area contributed by atoms with Gasteiger partial charge in [0, 0.05) is 32.7 Å². The van der Waals surface area contributed by atoms with Gasteiger partial charge in [-0.05, 0) is 38.5 Å². The number of piperidine rings is 1. The third kappa shape index (κ3) is 8.00. The summed E-state index contributed by atoms with van der Waals surface area (Å²) >= 11 is 0. The molecule has 2 aliphatic rings. The molecule has 0 aromatic carbocycles. The molecule has 6 nitrogen and oxygen atoms in total. The van der Waals surface area contributed by atoms with Crippen molar-refractivity contribution in [2.75, 3.05) is 33.3 Å². The molecule has 146 valence electrons. The predicted molar refractivity (Wildman–Crippen MR) is 113 cm³/mol. The second-order valence-corrected chi connectivity index (χ2v) is 6.90. The van der Waals surface area contributed by atoms with Crippen LogP contribution >= 0.6 is 24.0 Å². The number of aliphatic imine (C=N–C) groups is 1. The minimum absolute atomic E-state index is 0. The lowest BCUT2D eigenvalue weighted by atomic mass is 10.0. The molecule has 0 bridgehead atoms. The van der Waals surface area contributed by atoms with E-state index in [1.807, 2.05) is 14.0 Å². The maximum Gasteiger partial charge on any atom is 0.409 e. The number of ether oxygens (including phenoxy) is 1. The van der Waals surface area contributed by atoms with Gasteiger partial charge in [0.25, 0.3) is 0 Å². The Hall–Kier alpha value is -0.730. The van der Waals surface area contributed by atoms with Crippen LogP contribution in [0, 0.1) is 5.92 Å². The van der Waals surface area contributed by atoms with Crippen molar-refractivity contribution in [3.8, 4) is 0 Å². The van der Waals surface area contributed by atoms with Crippen LogP contribution in [-0.2, 0) is 4.74 Å². The van der Waals surface area contributed by atoms with Crippen LogP contribution in [0.25, 0.3) is 0 Å². The molecule has 0 unspecified atom stereocenters. The number of rotatable bonds is 6. The third-order valence-corrected chi connectivity index (χ3v) is 5.14. The van der Waals surface area contributed by atoms with Gasteiger partial charge >= 0.3 is 6.09 Å². The largest absolute Gasteiger partial charge is 0.450 e. The molecular weight excluding hydrogens is 431 g/mol. The number of likely N-dealkylation sites (tertiary alicyclic amines) is 1. The van der Waals surface area contributed by atoms with Crippen molar-refractivity contribution in [3.63, 3.8) is 0 Å². The Morgan fingerprint density at radius 3 is 2.48 bits per heavy atom. The van der Waals surface area contributed by atoms with Gasteiger partial charge in [-0.1, -0.05) is 25.7 Å². The molecule has 1 saturated carbocycles. The van der Waals surface area contributed by atoms with Gasteiger partial charge in [0.05, 0.1) is 6.61 Å². The molecule has 0 aromatic rings. The topological polar surface area (TPSA) is 66.0 Å². The molecule has 0 atom stereocenters. The van der Waals surface area contributed by atoms with Gasteiger partial charge in [0.15, 0.2) is 5.96 Å². The normalized spacial score (nSPS) is 19.4. The zero-order chi connectivity index (χ0) is 17.2. The lowest BCUT2D eigenvalue weighted by molar-refractivity contribution is 0.0963. The Morgan fingerprint density at radius 2 is 1.88 bits per heavy atom. The van der Waals surface area contributed by atoms with E-state index in [1.165, 1.54) is 38.5 Å². The van der Waals surface area contributed by atoms with Crippen molar-refractivity contribution in [2.24, 2.45) is 10.9 Å². The Labute approximate surface area is 169 Å². The second-order valence-electron chi connectivity index (χ2n) is 6.90. The third-order valence-electron chi connectivity index (χ3n) is 5.14. The summed E-state index contributed by atoms with van der Waals surface area (Å²) in [5.74, 6) is 1.84. The van der Waals surface area contributed by atoms with E-state index in [0.29, 0.717) is 12.6 Å². The molecule has 0 spiro atoms. The van der Waals surface area contributed by atoms with Crippen LogP contribution < -0.4 is 10.6 Å². The molecule has 2 fully saturated rings.